The number of likely N-dealkylation sites (tertiary alicyclic amines) is 1. The number of aliphatic hydroxyl groups excluding tert-OH is 2. The molecule has 1 aliphatic carbocycles. The smallest absolute Gasteiger partial charge is 0.0897 e. The molecule has 4 nitrogen and oxygen atoms in total. The zero-order chi connectivity index (χ0) is 11.4. The van der Waals surface area contributed by atoms with Gasteiger partial charge in [0.05, 0.1) is 12.7 Å². The van der Waals surface area contributed by atoms with Crippen molar-refractivity contribution in [3.05, 3.63) is 0 Å². The summed E-state index contributed by atoms with van der Waals surface area (Å²) in [6, 6.07) is 0.814. The van der Waals surface area contributed by atoms with Crippen molar-refractivity contribution in [3.8, 4) is 0 Å². The lowest BCUT2D eigenvalue weighted by atomic mass is 9.96. The van der Waals surface area contributed by atoms with E-state index in [-0.39, 0.29) is 6.61 Å². The third kappa shape index (κ3) is 4.01. The Bertz CT molecular complexity index is 201. The average molecular weight is 228 g/mol. The summed E-state index contributed by atoms with van der Waals surface area (Å²) in [5.74, 6) is 0.808. The SMILES string of the molecule is OCC(O)CN1CCC(CNC2CC2)CC1. The molecule has 0 amide bonds. The lowest BCUT2D eigenvalue weighted by Gasteiger charge is -2.33. The highest BCUT2D eigenvalue weighted by atomic mass is 16.3. The topological polar surface area (TPSA) is 55.7 Å². The first-order valence-electron chi connectivity index (χ1n) is 6.52. The van der Waals surface area contributed by atoms with Gasteiger partial charge in [-0.3, -0.25) is 0 Å². The molecule has 1 aliphatic heterocycles. The first kappa shape index (κ1) is 12.3. The number of piperidine rings is 1. The number of nitrogens with zero attached hydrogens (tertiary/aromatic N) is 1. The molecule has 2 fully saturated rings. The van der Waals surface area contributed by atoms with Gasteiger partial charge in [0.25, 0.3) is 0 Å². The summed E-state index contributed by atoms with van der Waals surface area (Å²) in [5, 5.41) is 21.7. The van der Waals surface area contributed by atoms with Crippen molar-refractivity contribution in [2.75, 3.05) is 32.8 Å². The molecule has 1 heterocycles. The molecule has 2 rings (SSSR count). The number of nitrogens with one attached hydrogen (secondary N) is 1. The Hall–Kier alpha value is -0.160. The van der Waals surface area contributed by atoms with Gasteiger partial charge < -0.3 is 20.4 Å². The van der Waals surface area contributed by atoms with E-state index in [0.717, 1.165) is 25.0 Å². The van der Waals surface area contributed by atoms with Crippen LogP contribution in [0.25, 0.3) is 0 Å². The monoisotopic (exact) mass is 228 g/mol. The van der Waals surface area contributed by atoms with Gasteiger partial charge in [-0.1, -0.05) is 0 Å². The fourth-order valence-electron chi connectivity index (χ4n) is 2.35. The molecule has 0 aromatic rings. The second-order valence-electron chi connectivity index (χ2n) is 5.26. The van der Waals surface area contributed by atoms with Gasteiger partial charge in [-0.15, -0.1) is 0 Å². The summed E-state index contributed by atoms with van der Waals surface area (Å²) < 4.78 is 0. The zero-order valence-electron chi connectivity index (χ0n) is 9.94. The van der Waals surface area contributed by atoms with Crippen molar-refractivity contribution in [2.45, 2.75) is 37.8 Å². The lowest BCUT2D eigenvalue weighted by Crippen LogP contribution is -2.41. The third-order valence-corrected chi connectivity index (χ3v) is 3.66. The highest BCUT2D eigenvalue weighted by Crippen LogP contribution is 2.21. The summed E-state index contributed by atoms with van der Waals surface area (Å²) in [6.45, 7) is 3.80. The molecule has 4 heteroatoms. The Labute approximate surface area is 97.6 Å². The first-order chi connectivity index (χ1) is 7.78. The Balaban J connectivity index is 1.57. The van der Waals surface area contributed by atoms with Gasteiger partial charge >= 0.3 is 0 Å². The Morgan fingerprint density at radius 3 is 2.44 bits per heavy atom. The summed E-state index contributed by atoms with van der Waals surface area (Å²) in [7, 11) is 0. The summed E-state index contributed by atoms with van der Waals surface area (Å²) in [6.07, 6.45) is 4.60. The van der Waals surface area contributed by atoms with Crippen LogP contribution < -0.4 is 5.32 Å². The minimum Gasteiger partial charge on any atom is -0.394 e. The van der Waals surface area contributed by atoms with Crippen molar-refractivity contribution in [2.24, 2.45) is 5.92 Å². The van der Waals surface area contributed by atoms with Crippen LogP contribution in [-0.2, 0) is 0 Å². The van der Waals surface area contributed by atoms with Crippen LogP contribution in [-0.4, -0.2) is 60.0 Å². The number of rotatable bonds is 6. The van der Waals surface area contributed by atoms with E-state index < -0.39 is 6.10 Å². The molecule has 0 bridgehead atoms. The van der Waals surface area contributed by atoms with Gasteiger partial charge in [0, 0.05) is 12.6 Å². The number of hydrogen-bond acceptors (Lipinski definition) is 4. The molecule has 1 unspecified atom stereocenters. The van der Waals surface area contributed by atoms with Gasteiger partial charge in [0.15, 0.2) is 0 Å². The zero-order valence-corrected chi connectivity index (χ0v) is 9.94. The molecule has 3 N–H and O–H groups in total. The minimum atomic E-state index is -0.568. The minimum absolute atomic E-state index is 0.122. The van der Waals surface area contributed by atoms with Crippen LogP contribution in [0.3, 0.4) is 0 Å². The molecule has 94 valence electrons. The maximum absolute atomic E-state index is 9.36. The normalized spacial score (nSPS) is 25.9. The molecular formula is C12H24N2O2. The fourth-order valence-corrected chi connectivity index (χ4v) is 2.35. The molecule has 0 radical (unpaired) electrons. The molecule has 1 atom stereocenters. The van der Waals surface area contributed by atoms with Crippen LogP contribution in [0.15, 0.2) is 0 Å². The Morgan fingerprint density at radius 1 is 1.19 bits per heavy atom. The van der Waals surface area contributed by atoms with Crippen molar-refractivity contribution < 1.29 is 10.2 Å². The van der Waals surface area contributed by atoms with Crippen molar-refractivity contribution in [1.82, 2.24) is 10.2 Å². The van der Waals surface area contributed by atoms with E-state index in [1.807, 2.05) is 0 Å². The van der Waals surface area contributed by atoms with Crippen LogP contribution >= 0.6 is 0 Å². The summed E-state index contributed by atoms with van der Waals surface area (Å²) in [4.78, 5) is 2.26. The van der Waals surface area contributed by atoms with E-state index in [1.165, 1.54) is 32.2 Å². The van der Waals surface area contributed by atoms with Gasteiger partial charge in [-0.05, 0) is 51.2 Å². The molecule has 1 saturated carbocycles. The highest BCUT2D eigenvalue weighted by molar-refractivity contribution is 4.83. The van der Waals surface area contributed by atoms with Gasteiger partial charge in [-0.2, -0.15) is 0 Å². The van der Waals surface area contributed by atoms with E-state index >= 15 is 0 Å². The summed E-state index contributed by atoms with van der Waals surface area (Å²) >= 11 is 0. The van der Waals surface area contributed by atoms with Crippen LogP contribution in [0.2, 0.25) is 0 Å². The second-order valence-corrected chi connectivity index (χ2v) is 5.26. The third-order valence-electron chi connectivity index (χ3n) is 3.66. The van der Waals surface area contributed by atoms with E-state index in [4.69, 9.17) is 5.11 Å². The second kappa shape index (κ2) is 5.96. The first-order valence-corrected chi connectivity index (χ1v) is 6.52. The van der Waals surface area contributed by atoms with Gasteiger partial charge in [0.1, 0.15) is 0 Å². The van der Waals surface area contributed by atoms with Crippen molar-refractivity contribution in [1.29, 1.82) is 0 Å². The van der Waals surface area contributed by atoms with Crippen molar-refractivity contribution in [3.63, 3.8) is 0 Å². The van der Waals surface area contributed by atoms with Crippen LogP contribution in [0.1, 0.15) is 25.7 Å². The van der Waals surface area contributed by atoms with Crippen LogP contribution in [0, 0.1) is 5.92 Å². The molecular weight excluding hydrogens is 204 g/mol. The van der Waals surface area contributed by atoms with E-state index in [1.54, 1.807) is 0 Å². The maximum Gasteiger partial charge on any atom is 0.0897 e. The number of aliphatic hydroxyl groups is 2. The molecule has 0 aromatic heterocycles. The van der Waals surface area contributed by atoms with E-state index in [2.05, 4.69) is 10.2 Å². The largest absolute Gasteiger partial charge is 0.394 e. The molecule has 0 aromatic carbocycles. The molecule has 1 saturated heterocycles. The number of hydrogen-bond donors (Lipinski definition) is 3. The lowest BCUT2D eigenvalue weighted by molar-refractivity contribution is 0.0474. The average Bonchev–Trinajstić information content (AvgIpc) is 3.12. The number of β-amino-alcohol motifs (C(OH)–C–C–N with tert-alkyl or cyclic N) is 1. The quantitative estimate of drug-likeness (QED) is 0.589. The molecule has 2 aliphatic rings. The van der Waals surface area contributed by atoms with Gasteiger partial charge in [0.2, 0.25) is 0 Å². The van der Waals surface area contributed by atoms with E-state index in [9.17, 15) is 5.11 Å². The molecule has 0 spiro atoms. The van der Waals surface area contributed by atoms with E-state index in [0.29, 0.717) is 6.54 Å². The standard InChI is InChI=1S/C12H24N2O2/c15-9-12(16)8-14-5-3-10(4-6-14)7-13-11-1-2-11/h10-13,15-16H,1-9H2. The molecule has 16 heavy (non-hydrogen) atoms. The highest BCUT2D eigenvalue weighted by Gasteiger charge is 2.24. The maximum atomic E-state index is 9.36. The predicted octanol–water partition coefficient (Wildman–Crippen LogP) is -0.196. The summed E-state index contributed by atoms with van der Waals surface area (Å²) in [5.41, 5.74) is 0. The Kier molecular flexibility index (Phi) is 4.58. The fraction of sp³-hybridized carbons (Fsp3) is 1.00. The van der Waals surface area contributed by atoms with Gasteiger partial charge in [-0.25, -0.2) is 0 Å². The Morgan fingerprint density at radius 2 is 1.88 bits per heavy atom. The van der Waals surface area contributed by atoms with Crippen LogP contribution in [0.4, 0.5) is 0 Å². The van der Waals surface area contributed by atoms with Crippen LogP contribution in [0.5, 0.6) is 0 Å². The van der Waals surface area contributed by atoms with Crippen molar-refractivity contribution >= 4 is 0 Å². The predicted molar refractivity (Wildman–Crippen MR) is 63.3 cm³/mol.